The molecule has 0 N–H and O–H groups in total. The van der Waals surface area contributed by atoms with Crippen LogP contribution in [0.5, 0.6) is 0 Å². The molecule has 0 radical (unpaired) electrons. The van der Waals surface area contributed by atoms with Gasteiger partial charge in [0.15, 0.2) is 0 Å². The van der Waals surface area contributed by atoms with Crippen molar-refractivity contribution in [3.05, 3.63) is 70.8 Å². The number of halogens is 2. The van der Waals surface area contributed by atoms with E-state index in [-0.39, 0.29) is 30.2 Å². The molecule has 0 aromatic heterocycles. The molecule has 0 saturated carbocycles. The molecule has 2 aromatic carbocycles. The van der Waals surface area contributed by atoms with E-state index in [1.807, 2.05) is 3.27 Å². The molecule has 2 aliphatic rings. The minimum absolute atomic E-state index is 0. The maximum Gasteiger partial charge on any atom is -1.00 e. The zero-order chi connectivity index (χ0) is 19.3. The SMILES string of the molecule is CC1C=C(C(C)(C)C)C=C1c1ccc2c([c]1[Zr+2][SiH](C)C)Cc1ccccc1-2.[Cl-].[Cl-]. The van der Waals surface area contributed by atoms with Gasteiger partial charge in [0.25, 0.3) is 0 Å². The van der Waals surface area contributed by atoms with Crippen LogP contribution in [-0.2, 0) is 28.8 Å². The zero-order valence-corrected chi connectivity index (χ0v) is 23.4. The number of benzene rings is 2. The van der Waals surface area contributed by atoms with Gasteiger partial charge in [-0.15, -0.1) is 0 Å². The van der Waals surface area contributed by atoms with Crippen LogP contribution in [0.1, 0.15) is 44.4 Å². The molecular weight excluding hydrogens is 490 g/mol. The Balaban J connectivity index is 0.00000150. The molecule has 0 nitrogen and oxygen atoms in total. The molecule has 1 atom stereocenters. The van der Waals surface area contributed by atoms with Gasteiger partial charge in [0.2, 0.25) is 0 Å². The van der Waals surface area contributed by atoms with Crippen LogP contribution in [-0.4, -0.2) is 5.92 Å². The van der Waals surface area contributed by atoms with Crippen molar-refractivity contribution in [2.24, 2.45) is 11.3 Å². The van der Waals surface area contributed by atoms with Crippen molar-refractivity contribution in [3.8, 4) is 11.1 Å². The summed E-state index contributed by atoms with van der Waals surface area (Å²) in [6.07, 6.45) is 6.16. The summed E-state index contributed by atoms with van der Waals surface area (Å²) in [6.45, 7) is 14.5. The van der Waals surface area contributed by atoms with E-state index in [2.05, 4.69) is 89.3 Å². The topological polar surface area (TPSA) is 0 Å². The Labute approximate surface area is 201 Å². The summed E-state index contributed by atoms with van der Waals surface area (Å²) in [7, 11) is 0. The molecule has 152 valence electrons. The fourth-order valence-electron chi connectivity index (χ4n) is 4.40. The van der Waals surface area contributed by atoms with Gasteiger partial charge in [0.05, 0.1) is 0 Å². The first-order valence-corrected chi connectivity index (χ1v) is 18.6. The summed E-state index contributed by atoms with van der Waals surface area (Å²) in [4.78, 5) is 0. The van der Waals surface area contributed by atoms with Crippen molar-refractivity contribution in [1.82, 2.24) is 0 Å². The van der Waals surface area contributed by atoms with E-state index in [0.29, 0.717) is 5.92 Å². The van der Waals surface area contributed by atoms with Crippen molar-refractivity contribution in [3.63, 3.8) is 0 Å². The number of rotatable bonds is 3. The number of allylic oxidation sites excluding steroid dienone is 4. The normalized spacial score (nSPS) is 16.9. The molecule has 0 spiro atoms. The Morgan fingerprint density at radius 1 is 0.931 bits per heavy atom. The summed E-state index contributed by atoms with van der Waals surface area (Å²) in [5.74, 6) is -0.00893. The first-order valence-electron chi connectivity index (χ1n) is 10.2. The van der Waals surface area contributed by atoms with Crippen LogP contribution >= 0.6 is 0 Å². The molecule has 2 aliphatic carbocycles. The van der Waals surface area contributed by atoms with Crippen molar-refractivity contribution in [2.75, 3.05) is 0 Å². The van der Waals surface area contributed by atoms with Crippen molar-refractivity contribution >= 4 is 14.8 Å². The van der Waals surface area contributed by atoms with Crippen molar-refractivity contribution < 1.29 is 47.2 Å². The van der Waals surface area contributed by atoms with E-state index in [4.69, 9.17) is 0 Å². The summed E-state index contributed by atoms with van der Waals surface area (Å²) in [5.41, 5.74) is 11.1. The quantitative estimate of drug-likeness (QED) is 0.426. The summed E-state index contributed by atoms with van der Waals surface area (Å²) >= 11 is -0.503. The van der Waals surface area contributed by atoms with Gasteiger partial charge in [-0.25, -0.2) is 0 Å². The van der Waals surface area contributed by atoms with Gasteiger partial charge in [-0.2, -0.15) is 0 Å². The second-order valence-corrected chi connectivity index (χ2v) is 23.9. The van der Waals surface area contributed by atoms with Crippen LogP contribution in [0.3, 0.4) is 0 Å². The predicted molar refractivity (Wildman–Crippen MR) is 118 cm³/mol. The Morgan fingerprint density at radius 3 is 2.21 bits per heavy atom. The molecule has 1 unspecified atom stereocenters. The monoisotopic (exact) mass is 518 g/mol. The molecule has 0 heterocycles. The van der Waals surface area contributed by atoms with E-state index in [1.54, 1.807) is 16.7 Å². The van der Waals surface area contributed by atoms with Crippen LogP contribution in [0.15, 0.2) is 54.1 Å². The van der Waals surface area contributed by atoms with Crippen molar-refractivity contribution in [2.45, 2.75) is 47.2 Å². The summed E-state index contributed by atoms with van der Waals surface area (Å²) in [6, 6.07) is 13.9. The summed E-state index contributed by atoms with van der Waals surface area (Å²) in [5, 5.41) is 0. The first-order chi connectivity index (χ1) is 12.8. The minimum atomic E-state index is -0.544. The predicted octanol–water partition coefficient (Wildman–Crippen LogP) is -0.0374. The van der Waals surface area contributed by atoms with E-state index in [0.717, 1.165) is 6.42 Å². The maximum atomic E-state index is 2.56. The third-order valence-corrected chi connectivity index (χ3v) is 14.5. The average Bonchev–Trinajstić information content (AvgIpc) is 3.15. The Bertz CT molecular complexity index is 967. The van der Waals surface area contributed by atoms with Gasteiger partial charge >= 0.3 is 178 Å². The van der Waals surface area contributed by atoms with Gasteiger partial charge in [-0.1, -0.05) is 0 Å². The second-order valence-electron chi connectivity index (χ2n) is 9.41. The van der Waals surface area contributed by atoms with Crippen LogP contribution in [0.4, 0.5) is 0 Å². The van der Waals surface area contributed by atoms with Gasteiger partial charge in [0.1, 0.15) is 0 Å². The summed E-state index contributed by atoms with van der Waals surface area (Å²) < 4.78 is 1.82. The number of hydrogen-bond donors (Lipinski definition) is 0. The molecule has 29 heavy (non-hydrogen) atoms. The van der Waals surface area contributed by atoms with Crippen LogP contribution in [0.25, 0.3) is 16.7 Å². The smallest absolute Gasteiger partial charge is 1.00 e. The van der Waals surface area contributed by atoms with E-state index in [1.165, 1.54) is 22.3 Å². The maximum absolute atomic E-state index is 2.56. The fourth-order valence-corrected chi connectivity index (χ4v) is 13.1. The Kier molecular flexibility index (Phi) is 8.05. The van der Waals surface area contributed by atoms with E-state index < -0.39 is 28.3 Å². The van der Waals surface area contributed by atoms with Crippen LogP contribution in [0, 0.1) is 11.3 Å². The number of fused-ring (bicyclic) bond motifs is 3. The van der Waals surface area contributed by atoms with Crippen LogP contribution in [0.2, 0.25) is 13.1 Å². The molecule has 0 saturated heterocycles. The molecule has 0 fully saturated rings. The second kappa shape index (κ2) is 9.39. The third kappa shape index (κ3) is 4.77. The molecule has 0 amide bonds. The molecular formula is C25H30Cl2SiZr. The molecule has 4 heteroatoms. The average molecular weight is 521 g/mol. The molecule has 2 aromatic rings. The van der Waals surface area contributed by atoms with E-state index >= 15 is 0 Å². The van der Waals surface area contributed by atoms with Gasteiger partial charge in [-0.05, 0) is 0 Å². The van der Waals surface area contributed by atoms with Crippen LogP contribution < -0.4 is 28.1 Å². The van der Waals surface area contributed by atoms with Gasteiger partial charge in [0, 0.05) is 0 Å². The first kappa shape index (κ1) is 24.9. The van der Waals surface area contributed by atoms with Crippen molar-refractivity contribution in [1.29, 1.82) is 0 Å². The standard InChI is InChI=1S/C23H23.C2H7Si.2ClH.Zr/c1-15-11-19(23(2,3)4)14-22(15)17-9-10-21-18(13-17)12-16-7-5-6-8-20(16)21;1-3-2;;;/h5-11,14-15H,12H2,1-4H3;3H,1-2H3;2*1H;/q;;;;+2/p-2. The third-order valence-electron chi connectivity index (χ3n) is 5.83. The molecule has 4 rings (SSSR count). The fraction of sp³-hybridized carbons (Fsp3) is 0.360. The largest absolute Gasteiger partial charge is 1.00 e. The number of hydrogen-bond acceptors (Lipinski definition) is 0. The zero-order valence-electron chi connectivity index (χ0n) is 18.2. The van der Waals surface area contributed by atoms with E-state index in [9.17, 15) is 0 Å². The molecule has 0 bridgehead atoms. The minimum Gasteiger partial charge on any atom is -1.00 e. The Morgan fingerprint density at radius 2 is 1.59 bits per heavy atom. The Hall–Kier alpha value is -0.400. The van der Waals surface area contributed by atoms with Gasteiger partial charge in [-0.3, -0.25) is 0 Å². The van der Waals surface area contributed by atoms with Gasteiger partial charge < -0.3 is 24.8 Å². The molecule has 0 aliphatic heterocycles.